The number of halogens is 1. The summed E-state index contributed by atoms with van der Waals surface area (Å²) in [6.07, 6.45) is 1.89. The average Bonchev–Trinajstić information content (AvgIpc) is 2.33. The number of rotatable bonds is 3. The number of aryl methyl sites for hydroxylation is 2. The van der Waals surface area contributed by atoms with E-state index in [2.05, 4.69) is 57.4 Å². The summed E-state index contributed by atoms with van der Waals surface area (Å²) < 4.78 is 1.14. The maximum Gasteiger partial charge on any atom is 0.0594 e. The standard InChI is InChI=1S/C14H15BrN2/c1-10-3-4-13(16-8-10)9-17-12-5-6-14(15)11(2)7-12/h3-8,17H,9H2,1-2H3. The Morgan fingerprint density at radius 1 is 1.18 bits per heavy atom. The maximum absolute atomic E-state index is 4.36. The quantitative estimate of drug-likeness (QED) is 0.922. The van der Waals surface area contributed by atoms with Crippen molar-refractivity contribution in [2.45, 2.75) is 20.4 Å². The van der Waals surface area contributed by atoms with Gasteiger partial charge in [0.25, 0.3) is 0 Å². The van der Waals surface area contributed by atoms with Gasteiger partial charge in [0.15, 0.2) is 0 Å². The predicted octanol–water partition coefficient (Wildman–Crippen LogP) is 4.07. The minimum atomic E-state index is 0.751. The third-order valence-electron chi connectivity index (χ3n) is 2.60. The van der Waals surface area contributed by atoms with Gasteiger partial charge in [0.2, 0.25) is 0 Å². The van der Waals surface area contributed by atoms with Gasteiger partial charge in [-0.1, -0.05) is 22.0 Å². The van der Waals surface area contributed by atoms with Crippen LogP contribution in [0.2, 0.25) is 0 Å². The van der Waals surface area contributed by atoms with E-state index in [1.54, 1.807) is 0 Å². The molecule has 1 aromatic carbocycles. The molecule has 0 saturated carbocycles. The average molecular weight is 291 g/mol. The molecule has 2 rings (SSSR count). The molecule has 2 aromatic rings. The van der Waals surface area contributed by atoms with E-state index in [4.69, 9.17) is 0 Å². The maximum atomic E-state index is 4.36. The topological polar surface area (TPSA) is 24.9 Å². The summed E-state index contributed by atoms with van der Waals surface area (Å²) >= 11 is 3.49. The van der Waals surface area contributed by atoms with Crippen LogP contribution in [0.15, 0.2) is 41.0 Å². The number of nitrogens with zero attached hydrogens (tertiary/aromatic N) is 1. The molecule has 88 valence electrons. The van der Waals surface area contributed by atoms with Crippen molar-refractivity contribution in [2.75, 3.05) is 5.32 Å². The van der Waals surface area contributed by atoms with Crippen LogP contribution in [0.5, 0.6) is 0 Å². The van der Waals surface area contributed by atoms with Gasteiger partial charge >= 0.3 is 0 Å². The molecule has 0 radical (unpaired) electrons. The summed E-state index contributed by atoms with van der Waals surface area (Å²) in [5, 5.41) is 3.37. The molecule has 0 saturated heterocycles. The summed E-state index contributed by atoms with van der Waals surface area (Å²) in [5.41, 5.74) is 4.59. The summed E-state index contributed by atoms with van der Waals surface area (Å²) in [5.74, 6) is 0. The zero-order valence-corrected chi connectivity index (χ0v) is 11.6. The molecule has 1 N–H and O–H groups in total. The first kappa shape index (κ1) is 12.1. The van der Waals surface area contributed by atoms with Crippen LogP contribution in [0, 0.1) is 13.8 Å². The Balaban J connectivity index is 2.02. The SMILES string of the molecule is Cc1ccc(CNc2ccc(Br)c(C)c2)nc1. The zero-order chi connectivity index (χ0) is 12.3. The first-order valence-corrected chi connectivity index (χ1v) is 6.36. The third kappa shape index (κ3) is 3.30. The molecular weight excluding hydrogens is 276 g/mol. The largest absolute Gasteiger partial charge is 0.379 e. The Hall–Kier alpha value is -1.35. The fourth-order valence-electron chi connectivity index (χ4n) is 1.55. The van der Waals surface area contributed by atoms with Gasteiger partial charge < -0.3 is 5.32 Å². The van der Waals surface area contributed by atoms with E-state index in [0.29, 0.717) is 0 Å². The van der Waals surface area contributed by atoms with Crippen molar-refractivity contribution < 1.29 is 0 Å². The van der Waals surface area contributed by atoms with Gasteiger partial charge in [-0.3, -0.25) is 4.98 Å². The molecule has 1 aromatic heterocycles. The Kier molecular flexibility index (Phi) is 3.79. The minimum absolute atomic E-state index is 0.751. The van der Waals surface area contributed by atoms with E-state index in [-0.39, 0.29) is 0 Å². The first-order chi connectivity index (χ1) is 8.15. The van der Waals surface area contributed by atoms with Crippen molar-refractivity contribution in [1.29, 1.82) is 0 Å². The minimum Gasteiger partial charge on any atom is -0.379 e. The number of nitrogens with one attached hydrogen (secondary N) is 1. The highest BCUT2D eigenvalue weighted by atomic mass is 79.9. The van der Waals surface area contributed by atoms with Gasteiger partial charge in [-0.15, -0.1) is 0 Å². The lowest BCUT2D eigenvalue weighted by molar-refractivity contribution is 1.04. The molecule has 17 heavy (non-hydrogen) atoms. The summed E-state index contributed by atoms with van der Waals surface area (Å²) in [6, 6.07) is 10.4. The molecule has 0 bridgehead atoms. The van der Waals surface area contributed by atoms with E-state index in [0.717, 1.165) is 22.4 Å². The van der Waals surface area contributed by atoms with E-state index < -0.39 is 0 Å². The second-order valence-electron chi connectivity index (χ2n) is 4.14. The van der Waals surface area contributed by atoms with Gasteiger partial charge in [0, 0.05) is 16.4 Å². The molecule has 3 heteroatoms. The van der Waals surface area contributed by atoms with Crippen molar-refractivity contribution >= 4 is 21.6 Å². The van der Waals surface area contributed by atoms with Crippen LogP contribution in [0.3, 0.4) is 0 Å². The number of hydrogen-bond acceptors (Lipinski definition) is 2. The van der Waals surface area contributed by atoms with Crippen LogP contribution in [-0.2, 0) is 6.54 Å². The van der Waals surface area contributed by atoms with Gasteiger partial charge in [0.05, 0.1) is 12.2 Å². The highest BCUT2D eigenvalue weighted by molar-refractivity contribution is 9.10. The molecule has 0 aliphatic carbocycles. The summed E-state index contributed by atoms with van der Waals surface area (Å²) in [7, 11) is 0. The Morgan fingerprint density at radius 3 is 2.65 bits per heavy atom. The smallest absolute Gasteiger partial charge is 0.0594 e. The van der Waals surface area contributed by atoms with Crippen LogP contribution >= 0.6 is 15.9 Å². The second kappa shape index (κ2) is 5.32. The first-order valence-electron chi connectivity index (χ1n) is 5.57. The monoisotopic (exact) mass is 290 g/mol. The normalized spacial score (nSPS) is 10.3. The molecule has 1 heterocycles. The van der Waals surface area contributed by atoms with Gasteiger partial charge in [-0.2, -0.15) is 0 Å². The van der Waals surface area contributed by atoms with Crippen molar-refractivity contribution in [3.05, 3.63) is 57.8 Å². The van der Waals surface area contributed by atoms with Crippen molar-refractivity contribution in [3.63, 3.8) is 0 Å². The summed E-state index contributed by atoms with van der Waals surface area (Å²) in [6.45, 7) is 4.88. The zero-order valence-electron chi connectivity index (χ0n) is 10.00. The van der Waals surface area contributed by atoms with Crippen LogP contribution in [0.25, 0.3) is 0 Å². The Bertz CT molecular complexity index is 506. The molecule has 0 amide bonds. The van der Waals surface area contributed by atoms with Crippen molar-refractivity contribution in [2.24, 2.45) is 0 Å². The van der Waals surface area contributed by atoms with Crippen molar-refractivity contribution in [3.8, 4) is 0 Å². The van der Waals surface area contributed by atoms with Crippen LogP contribution < -0.4 is 5.32 Å². The lowest BCUT2D eigenvalue weighted by Crippen LogP contribution is -2.01. The number of pyridine rings is 1. The van der Waals surface area contributed by atoms with E-state index in [9.17, 15) is 0 Å². The van der Waals surface area contributed by atoms with Gasteiger partial charge in [-0.05, 0) is 49.2 Å². The molecule has 0 aliphatic rings. The fraction of sp³-hybridized carbons (Fsp3) is 0.214. The number of hydrogen-bond donors (Lipinski definition) is 1. The molecule has 2 nitrogen and oxygen atoms in total. The van der Waals surface area contributed by atoms with E-state index in [1.807, 2.05) is 19.2 Å². The summed E-state index contributed by atoms with van der Waals surface area (Å²) in [4.78, 5) is 4.36. The van der Waals surface area contributed by atoms with Crippen LogP contribution in [0.1, 0.15) is 16.8 Å². The molecule has 0 spiro atoms. The van der Waals surface area contributed by atoms with E-state index >= 15 is 0 Å². The molecule has 0 aliphatic heterocycles. The highest BCUT2D eigenvalue weighted by Gasteiger charge is 1.98. The number of anilines is 1. The molecule has 0 atom stereocenters. The molecule has 0 unspecified atom stereocenters. The lowest BCUT2D eigenvalue weighted by atomic mass is 10.2. The number of aromatic nitrogens is 1. The van der Waals surface area contributed by atoms with Crippen LogP contribution in [0.4, 0.5) is 5.69 Å². The molecular formula is C14H15BrN2. The third-order valence-corrected chi connectivity index (χ3v) is 3.49. The Labute approximate surface area is 110 Å². The molecule has 0 fully saturated rings. The predicted molar refractivity (Wildman–Crippen MR) is 75.2 cm³/mol. The lowest BCUT2D eigenvalue weighted by Gasteiger charge is -2.08. The van der Waals surface area contributed by atoms with Crippen molar-refractivity contribution in [1.82, 2.24) is 4.98 Å². The number of benzene rings is 1. The second-order valence-corrected chi connectivity index (χ2v) is 5.00. The van der Waals surface area contributed by atoms with Gasteiger partial charge in [-0.25, -0.2) is 0 Å². The fourth-order valence-corrected chi connectivity index (χ4v) is 1.80. The highest BCUT2D eigenvalue weighted by Crippen LogP contribution is 2.20. The van der Waals surface area contributed by atoms with Gasteiger partial charge in [0.1, 0.15) is 0 Å². The van der Waals surface area contributed by atoms with Crippen LogP contribution in [-0.4, -0.2) is 4.98 Å². The Morgan fingerprint density at radius 2 is 2.00 bits per heavy atom. The van der Waals surface area contributed by atoms with E-state index in [1.165, 1.54) is 11.1 Å².